The highest BCUT2D eigenvalue weighted by Crippen LogP contribution is 2.55. The van der Waals surface area contributed by atoms with Crippen LogP contribution < -0.4 is 5.32 Å². The molecule has 0 unspecified atom stereocenters. The van der Waals surface area contributed by atoms with E-state index in [9.17, 15) is 4.79 Å². The summed E-state index contributed by atoms with van der Waals surface area (Å²) >= 11 is 0. The van der Waals surface area contributed by atoms with E-state index in [1.165, 1.54) is 37.9 Å². The Bertz CT molecular complexity index is 521. The Morgan fingerprint density at radius 1 is 1.14 bits per heavy atom. The van der Waals surface area contributed by atoms with Crippen LogP contribution in [0, 0.1) is 23.7 Å². The Balaban J connectivity index is 1.40. The fraction of sp³-hybridized carbons (Fsp3) is 0.611. The predicted molar refractivity (Wildman–Crippen MR) is 82.9 cm³/mol. The monoisotopic (exact) mass is 284 g/mol. The third kappa shape index (κ3) is 2.28. The van der Waals surface area contributed by atoms with Gasteiger partial charge in [-0.15, -0.1) is 0 Å². The van der Waals surface area contributed by atoms with Gasteiger partial charge in [-0.05, 0) is 60.6 Å². The van der Waals surface area contributed by atoms with Gasteiger partial charge in [0.2, 0.25) is 0 Å². The molecule has 3 fully saturated rings. The lowest BCUT2D eigenvalue weighted by molar-refractivity contribution is 0.0963. The molecule has 3 nitrogen and oxygen atoms in total. The Labute approximate surface area is 126 Å². The lowest BCUT2D eigenvalue weighted by Gasteiger charge is -2.22. The van der Waals surface area contributed by atoms with Crippen molar-refractivity contribution in [2.45, 2.75) is 25.8 Å². The van der Waals surface area contributed by atoms with Crippen molar-refractivity contribution in [3.8, 4) is 0 Å². The van der Waals surface area contributed by atoms with Crippen molar-refractivity contribution in [1.82, 2.24) is 10.2 Å². The second-order valence-electron chi connectivity index (χ2n) is 7.13. The summed E-state index contributed by atoms with van der Waals surface area (Å²) in [6, 6.07) is 8.09. The molecule has 0 radical (unpaired) electrons. The van der Waals surface area contributed by atoms with Crippen molar-refractivity contribution in [2.75, 3.05) is 20.1 Å². The van der Waals surface area contributed by atoms with Gasteiger partial charge in [-0.25, -0.2) is 0 Å². The van der Waals surface area contributed by atoms with E-state index in [0.717, 1.165) is 35.8 Å². The first kappa shape index (κ1) is 13.3. The Kier molecular flexibility index (Phi) is 3.26. The Hall–Kier alpha value is -1.35. The molecule has 2 saturated carbocycles. The zero-order chi connectivity index (χ0) is 14.4. The topological polar surface area (TPSA) is 32.3 Å². The fourth-order valence-corrected chi connectivity index (χ4v) is 5.06. The molecule has 4 rings (SSSR count). The maximum Gasteiger partial charge on any atom is 0.251 e. The minimum absolute atomic E-state index is 0.00571. The van der Waals surface area contributed by atoms with Crippen LogP contribution in [0.25, 0.3) is 0 Å². The van der Waals surface area contributed by atoms with Gasteiger partial charge in [-0.2, -0.15) is 0 Å². The quantitative estimate of drug-likeness (QED) is 0.925. The first-order valence-corrected chi connectivity index (χ1v) is 8.28. The SMILES string of the molecule is CNC(=O)c1ccc(CN2C[C@@H]3[C@@H]4CC[C@@H](C4)[C@@H]3C2)cc1. The first-order valence-electron chi connectivity index (χ1n) is 8.28. The molecule has 3 aliphatic rings. The van der Waals surface area contributed by atoms with Gasteiger partial charge in [0.1, 0.15) is 0 Å². The van der Waals surface area contributed by atoms with Gasteiger partial charge in [0.05, 0.1) is 0 Å². The molecule has 1 heterocycles. The van der Waals surface area contributed by atoms with Crippen molar-refractivity contribution in [2.24, 2.45) is 23.7 Å². The van der Waals surface area contributed by atoms with Gasteiger partial charge < -0.3 is 5.32 Å². The molecule has 1 aromatic rings. The van der Waals surface area contributed by atoms with Crippen LogP contribution in [0.1, 0.15) is 35.2 Å². The smallest absolute Gasteiger partial charge is 0.251 e. The van der Waals surface area contributed by atoms with Gasteiger partial charge in [0.25, 0.3) is 5.91 Å². The van der Waals surface area contributed by atoms with Crippen LogP contribution in [0.3, 0.4) is 0 Å². The Morgan fingerprint density at radius 3 is 2.33 bits per heavy atom. The third-order valence-electron chi connectivity index (χ3n) is 6.06. The Morgan fingerprint density at radius 2 is 1.76 bits per heavy atom. The normalized spacial score (nSPS) is 34.1. The minimum Gasteiger partial charge on any atom is -0.355 e. The van der Waals surface area contributed by atoms with E-state index < -0.39 is 0 Å². The molecule has 1 saturated heterocycles. The van der Waals surface area contributed by atoms with Crippen LogP contribution >= 0.6 is 0 Å². The molecule has 0 aromatic heterocycles. The van der Waals surface area contributed by atoms with Gasteiger partial charge in [0.15, 0.2) is 0 Å². The van der Waals surface area contributed by atoms with Gasteiger partial charge in [0, 0.05) is 32.2 Å². The average Bonchev–Trinajstić information content (AvgIpc) is 3.19. The van der Waals surface area contributed by atoms with E-state index in [4.69, 9.17) is 0 Å². The van der Waals surface area contributed by atoms with Crippen molar-refractivity contribution in [3.63, 3.8) is 0 Å². The summed E-state index contributed by atoms with van der Waals surface area (Å²) in [5, 5.41) is 2.67. The standard InChI is InChI=1S/C18H24N2O/c1-19-18(21)13-4-2-12(3-5-13)9-20-10-16-14-6-7-15(8-14)17(16)11-20/h2-5,14-17H,6-11H2,1H3,(H,19,21)/t14-,15+,16-,17+. The predicted octanol–water partition coefficient (Wildman–Crippen LogP) is 2.52. The highest BCUT2D eigenvalue weighted by molar-refractivity contribution is 5.93. The maximum atomic E-state index is 11.6. The number of fused-ring (bicyclic) bond motifs is 5. The number of nitrogens with zero attached hydrogens (tertiary/aromatic N) is 1. The molecule has 112 valence electrons. The van der Waals surface area contributed by atoms with Gasteiger partial charge in [-0.3, -0.25) is 9.69 Å². The second-order valence-corrected chi connectivity index (χ2v) is 7.13. The molecular formula is C18H24N2O. The van der Waals surface area contributed by atoms with Crippen LogP contribution in [0.15, 0.2) is 24.3 Å². The molecule has 21 heavy (non-hydrogen) atoms. The number of carbonyl (C=O) groups is 1. The lowest BCUT2D eigenvalue weighted by atomic mass is 9.82. The lowest BCUT2D eigenvalue weighted by Crippen LogP contribution is -2.22. The summed E-state index contributed by atoms with van der Waals surface area (Å²) in [7, 11) is 1.67. The molecule has 4 atom stereocenters. The molecule has 1 aliphatic heterocycles. The molecule has 2 aliphatic carbocycles. The maximum absolute atomic E-state index is 11.6. The molecule has 1 amide bonds. The minimum atomic E-state index is -0.00571. The van der Waals surface area contributed by atoms with Gasteiger partial charge >= 0.3 is 0 Å². The number of benzene rings is 1. The molecule has 1 N–H and O–H groups in total. The number of rotatable bonds is 3. The van der Waals surface area contributed by atoms with Crippen molar-refractivity contribution in [1.29, 1.82) is 0 Å². The summed E-state index contributed by atoms with van der Waals surface area (Å²) in [4.78, 5) is 14.2. The van der Waals surface area contributed by atoms with Crippen LogP contribution in [0.5, 0.6) is 0 Å². The van der Waals surface area contributed by atoms with E-state index in [1.54, 1.807) is 7.05 Å². The zero-order valence-electron chi connectivity index (χ0n) is 12.7. The average molecular weight is 284 g/mol. The molecule has 3 heteroatoms. The summed E-state index contributed by atoms with van der Waals surface area (Å²) < 4.78 is 0. The summed E-state index contributed by atoms with van der Waals surface area (Å²) in [6.07, 6.45) is 4.49. The van der Waals surface area contributed by atoms with Crippen molar-refractivity contribution < 1.29 is 4.79 Å². The highest BCUT2D eigenvalue weighted by atomic mass is 16.1. The molecule has 1 aromatic carbocycles. The molecule has 2 bridgehead atoms. The summed E-state index contributed by atoms with van der Waals surface area (Å²) in [5.41, 5.74) is 2.08. The zero-order valence-corrected chi connectivity index (χ0v) is 12.7. The number of amides is 1. The molecule has 0 spiro atoms. The van der Waals surface area contributed by atoms with Crippen molar-refractivity contribution >= 4 is 5.91 Å². The summed E-state index contributed by atoms with van der Waals surface area (Å²) in [6.45, 7) is 3.63. The second kappa shape index (κ2) is 5.13. The number of hydrogen-bond acceptors (Lipinski definition) is 2. The van der Waals surface area contributed by atoms with E-state index >= 15 is 0 Å². The third-order valence-corrected chi connectivity index (χ3v) is 6.06. The van der Waals surface area contributed by atoms with Crippen LogP contribution in [0.4, 0.5) is 0 Å². The number of likely N-dealkylation sites (tertiary alicyclic amines) is 1. The first-order chi connectivity index (χ1) is 10.2. The molecular weight excluding hydrogens is 260 g/mol. The van der Waals surface area contributed by atoms with E-state index in [-0.39, 0.29) is 5.91 Å². The number of carbonyl (C=O) groups excluding carboxylic acids is 1. The van der Waals surface area contributed by atoms with Crippen LogP contribution in [0.2, 0.25) is 0 Å². The number of hydrogen-bond donors (Lipinski definition) is 1. The fourth-order valence-electron chi connectivity index (χ4n) is 5.06. The summed E-state index contributed by atoms with van der Waals surface area (Å²) in [5.74, 6) is 4.01. The van der Waals surface area contributed by atoms with Gasteiger partial charge in [-0.1, -0.05) is 12.1 Å². The highest BCUT2D eigenvalue weighted by Gasteiger charge is 2.51. The van der Waals surface area contributed by atoms with Crippen molar-refractivity contribution in [3.05, 3.63) is 35.4 Å². The van der Waals surface area contributed by atoms with Crippen LogP contribution in [-0.4, -0.2) is 30.9 Å². The van der Waals surface area contributed by atoms with E-state index in [0.29, 0.717) is 0 Å². The largest absolute Gasteiger partial charge is 0.355 e. The number of nitrogens with one attached hydrogen (secondary N) is 1. The van der Waals surface area contributed by atoms with E-state index in [1.807, 2.05) is 12.1 Å². The van der Waals surface area contributed by atoms with Crippen LogP contribution in [-0.2, 0) is 6.54 Å². The van der Waals surface area contributed by atoms with E-state index in [2.05, 4.69) is 22.3 Å².